The molecular weight excluding hydrogens is 424 g/mol. The fourth-order valence-electron chi connectivity index (χ4n) is 2.41. The monoisotopic (exact) mass is 440 g/mol. The number of halogens is 2. The van der Waals surface area contributed by atoms with Gasteiger partial charge in [-0.1, -0.05) is 23.7 Å². The minimum Gasteiger partial charge on any atom is -0.480 e. The molecule has 1 amide bonds. The number of benzene rings is 2. The predicted octanol–water partition coefficient (Wildman–Crippen LogP) is 5.00. The van der Waals surface area contributed by atoms with Gasteiger partial charge in [-0.2, -0.15) is 0 Å². The van der Waals surface area contributed by atoms with Crippen molar-refractivity contribution < 1.29 is 14.5 Å². The summed E-state index contributed by atoms with van der Waals surface area (Å²) in [4.78, 5) is 24.7. The number of non-ortho nitro benzene ring substituents is 1. The average Bonchev–Trinajstić information content (AvgIpc) is 2.62. The molecule has 6 nitrogen and oxygen atoms in total. The third kappa shape index (κ3) is 4.74. The summed E-state index contributed by atoms with van der Waals surface area (Å²) < 4.78 is 6.38. The highest BCUT2D eigenvalue weighted by Crippen LogP contribution is 2.29. The van der Waals surface area contributed by atoms with E-state index in [1.54, 1.807) is 44.3 Å². The minimum atomic E-state index is -0.737. The van der Waals surface area contributed by atoms with Gasteiger partial charge in [0.2, 0.25) is 0 Å². The highest BCUT2D eigenvalue weighted by Gasteiger charge is 2.25. The highest BCUT2D eigenvalue weighted by atomic mass is 79.9. The number of carbonyl (C=O) groups excluding carboxylic acids is 1. The van der Waals surface area contributed by atoms with Crippen LogP contribution in [0.25, 0.3) is 0 Å². The maximum atomic E-state index is 12.7. The second kappa shape index (κ2) is 8.51. The molecule has 2 rings (SSSR count). The van der Waals surface area contributed by atoms with Crippen molar-refractivity contribution in [2.75, 3.05) is 7.05 Å². The molecule has 26 heavy (non-hydrogen) atoms. The number of rotatable bonds is 6. The molecule has 0 heterocycles. The molecule has 0 aliphatic rings. The number of ether oxygens (including phenoxy) is 1. The first-order valence-electron chi connectivity index (χ1n) is 7.83. The lowest BCUT2D eigenvalue weighted by Crippen LogP contribution is -2.39. The van der Waals surface area contributed by atoms with Gasteiger partial charge >= 0.3 is 0 Å². The number of amides is 1. The van der Waals surface area contributed by atoms with Crippen molar-refractivity contribution in [3.63, 3.8) is 0 Å². The summed E-state index contributed by atoms with van der Waals surface area (Å²) in [6, 6.07) is 10.9. The summed E-state index contributed by atoms with van der Waals surface area (Å²) in [5.41, 5.74) is 0.666. The summed E-state index contributed by atoms with van der Waals surface area (Å²) >= 11 is 9.25. The Morgan fingerprint density at radius 2 is 1.96 bits per heavy atom. The molecule has 0 N–H and O–H groups in total. The van der Waals surface area contributed by atoms with Crippen molar-refractivity contribution in [3.05, 3.63) is 67.6 Å². The Balaban J connectivity index is 2.12. The highest BCUT2D eigenvalue weighted by molar-refractivity contribution is 9.10. The number of carbonyl (C=O) groups is 1. The lowest BCUT2D eigenvalue weighted by molar-refractivity contribution is -0.384. The van der Waals surface area contributed by atoms with Gasteiger partial charge in [-0.15, -0.1) is 0 Å². The second-order valence-corrected chi connectivity index (χ2v) is 7.10. The van der Waals surface area contributed by atoms with Crippen LogP contribution in [-0.4, -0.2) is 28.9 Å². The Kier molecular flexibility index (Phi) is 6.61. The molecule has 0 aliphatic carbocycles. The van der Waals surface area contributed by atoms with Gasteiger partial charge < -0.3 is 9.64 Å². The lowest BCUT2D eigenvalue weighted by Gasteiger charge is -2.28. The zero-order chi connectivity index (χ0) is 19.4. The number of likely N-dealkylation sites (N-methyl/N-ethyl adjacent to an activating group) is 1. The van der Waals surface area contributed by atoms with Gasteiger partial charge in [0.05, 0.1) is 15.4 Å². The Morgan fingerprint density at radius 1 is 1.27 bits per heavy atom. The van der Waals surface area contributed by atoms with E-state index < -0.39 is 11.0 Å². The van der Waals surface area contributed by atoms with Crippen molar-refractivity contribution >= 4 is 39.1 Å². The number of nitrogens with zero attached hydrogens (tertiary/aromatic N) is 2. The van der Waals surface area contributed by atoms with Crippen LogP contribution >= 0.6 is 27.5 Å². The second-order valence-electron chi connectivity index (χ2n) is 5.81. The van der Waals surface area contributed by atoms with Gasteiger partial charge in [0, 0.05) is 24.2 Å². The van der Waals surface area contributed by atoms with E-state index in [2.05, 4.69) is 15.9 Å². The zero-order valence-electron chi connectivity index (χ0n) is 14.5. The first-order valence-corrected chi connectivity index (χ1v) is 9.00. The van der Waals surface area contributed by atoms with E-state index in [0.717, 1.165) is 0 Å². The summed E-state index contributed by atoms with van der Waals surface area (Å²) in [5.74, 6) is 0.262. The third-order valence-electron chi connectivity index (χ3n) is 4.04. The fraction of sp³-hybridized carbons (Fsp3) is 0.278. The largest absolute Gasteiger partial charge is 0.480 e. The van der Waals surface area contributed by atoms with E-state index in [9.17, 15) is 14.9 Å². The van der Waals surface area contributed by atoms with Gasteiger partial charge in [-0.05, 0) is 53.5 Å². The summed E-state index contributed by atoms with van der Waals surface area (Å²) in [6.45, 7) is 3.46. The molecular formula is C18H18BrClN2O4. The Hall–Kier alpha value is -2.12. The summed E-state index contributed by atoms with van der Waals surface area (Å²) in [5, 5.41) is 11.5. The average molecular weight is 442 g/mol. The minimum absolute atomic E-state index is 0.00964. The van der Waals surface area contributed by atoms with E-state index in [4.69, 9.17) is 16.3 Å². The van der Waals surface area contributed by atoms with Crippen LogP contribution in [0.15, 0.2) is 46.9 Å². The molecule has 0 aromatic heterocycles. The first kappa shape index (κ1) is 20.2. The normalized spacial score (nSPS) is 13.0. The first-order chi connectivity index (χ1) is 12.2. The van der Waals surface area contributed by atoms with Crippen LogP contribution in [0, 0.1) is 10.1 Å². The molecule has 2 aromatic rings. The quantitative estimate of drug-likeness (QED) is 0.467. The molecule has 0 radical (unpaired) electrons. The fourth-order valence-corrected chi connectivity index (χ4v) is 3.19. The molecule has 0 saturated carbocycles. The van der Waals surface area contributed by atoms with Gasteiger partial charge in [0.25, 0.3) is 11.6 Å². The van der Waals surface area contributed by atoms with Gasteiger partial charge in [0.1, 0.15) is 5.75 Å². The van der Waals surface area contributed by atoms with Crippen molar-refractivity contribution in [1.29, 1.82) is 0 Å². The number of nitro groups is 1. The van der Waals surface area contributed by atoms with Crippen molar-refractivity contribution in [2.24, 2.45) is 0 Å². The Bertz CT molecular complexity index is 831. The van der Waals surface area contributed by atoms with Crippen molar-refractivity contribution in [3.8, 4) is 5.75 Å². The van der Waals surface area contributed by atoms with E-state index in [1.165, 1.54) is 17.0 Å². The molecule has 0 saturated heterocycles. The third-order valence-corrected chi connectivity index (χ3v) is 4.89. The van der Waals surface area contributed by atoms with Gasteiger partial charge in [-0.25, -0.2) is 0 Å². The number of nitro benzene ring substituents is 1. The van der Waals surface area contributed by atoms with E-state index in [1.807, 2.05) is 6.92 Å². The van der Waals surface area contributed by atoms with Crippen LogP contribution in [0.1, 0.15) is 25.5 Å². The van der Waals surface area contributed by atoms with Gasteiger partial charge in [-0.3, -0.25) is 14.9 Å². The van der Waals surface area contributed by atoms with Crippen molar-refractivity contribution in [2.45, 2.75) is 26.0 Å². The smallest absolute Gasteiger partial charge is 0.269 e. The topological polar surface area (TPSA) is 72.7 Å². The lowest BCUT2D eigenvalue weighted by atomic mass is 10.1. The molecule has 2 atom stereocenters. The SMILES string of the molecule is C[C@H](Oc1ccc(Cl)cc1Br)C(=O)N(C)[C@H](C)c1cccc([N+](=O)[O-])c1. The van der Waals surface area contributed by atoms with E-state index >= 15 is 0 Å². The van der Waals surface area contributed by atoms with E-state index in [-0.39, 0.29) is 17.6 Å². The number of hydrogen-bond donors (Lipinski definition) is 0. The molecule has 0 aliphatic heterocycles. The maximum absolute atomic E-state index is 12.7. The molecule has 8 heteroatoms. The van der Waals surface area contributed by atoms with E-state index in [0.29, 0.717) is 20.8 Å². The van der Waals surface area contributed by atoms with Gasteiger partial charge in [0.15, 0.2) is 6.10 Å². The molecule has 138 valence electrons. The molecule has 2 aromatic carbocycles. The Morgan fingerprint density at radius 3 is 2.58 bits per heavy atom. The maximum Gasteiger partial charge on any atom is 0.269 e. The van der Waals surface area contributed by atoms with Crippen LogP contribution in [0.4, 0.5) is 5.69 Å². The predicted molar refractivity (Wildman–Crippen MR) is 104 cm³/mol. The summed E-state index contributed by atoms with van der Waals surface area (Å²) in [6.07, 6.45) is -0.737. The zero-order valence-corrected chi connectivity index (χ0v) is 16.8. The molecule has 0 fully saturated rings. The Labute approximate surface area is 165 Å². The van der Waals surface area contributed by atoms with Crippen LogP contribution in [0.5, 0.6) is 5.75 Å². The van der Waals surface area contributed by atoms with Crippen LogP contribution in [-0.2, 0) is 4.79 Å². The van der Waals surface area contributed by atoms with Crippen molar-refractivity contribution in [1.82, 2.24) is 4.90 Å². The molecule has 0 unspecified atom stereocenters. The summed E-state index contributed by atoms with van der Waals surface area (Å²) in [7, 11) is 1.64. The van der Waals surface area contributed by atoms with Crippen LogP contribution in [0.2, 0.25) is 5.02 Å². The molecule has 0 bridgehead atoms. The molecule has 0 spiro atoms. The van der Waals surface area contributed by atoms with Crippen LogP contribution in [0.3, 0.4) is 0 Å². The standard InChI is InChI=1S/C18H18BrClN2O4/c1-11(13-5-4-6-15(9-13)22(24)25)21(3)18(23)12(2)26-17-8-7-14(20)10-16(17)19/h4-12H,1-3H3/t11-,12+/m1/s1. The van der Waals surface area contributed by atoms with Crippen LogP contribution < -0.4 is 4.74 Å². The number of hydrogen-bond acceptors (Lipinski definition) is 4.